The van der Waals surface area contributed by atoms with E-state index in [1.807, 2.05) is 24.3 Å². The number of fused-ring (bicyclic) bond motifs is 1. The molecule has 1 N–H and O–H groups in total. The molecular weight excluding hydrogens is 268 g/mol. The number of nitrogens with one attached hydrogen (secondary N) is 1. The van der Waals surface area contributed by atoms with Crippen LogP contribution in [0.15, 0.2) is 24.3 Å². The molecule has 1 aliphatic rings. The first kappa shape index (κ1) is 13.3. The number of hydrogen-bond acceptors (Lipinski definition) is 3. The van der Waals surface area contributed by atoms with E-state index in [9.17, 15) is 4.79 Å². The molecule has 3 nitrogen and oxygen atoms in total. The van der Waals surface area contributed by atoms with Gasteiger partial charge in [-0.25, -0.2) is 4.98 Å². The third-order valence-corrected chi connectivity index (χ3v) is 4.74. The third-order valence-electron chi connectivity index (χ3n) is 3.66. The Morgan fingerprint density at radius 3 is 3.00 bits per heavy atom. The standard InChI is InChI=1S/C16H18N2OS/c1-2-11-6-5-7-12(10-11)15(19)18-16-17-13-8-3-4-9-14(13)20-16/h5-7,10H,2-4,8-9H2,1H3,(H,17,18,19). The van der Waals surface area contributed by atoms with E-state index in [0.717, 1.165) is 24.4 Å². The number of nitrogens with zero attached hydrogens (tertiary/aromatic N) is 1. The largest absolute Gasteiger partial charge is 0.298 e. The van der Waals surface area contributed by atoms with E-state index in [1.165, 1.54) is 29.0 Å². The first-order valence-corrected chi connectivity index (χ1v) is 7.97. The van der Waals surface area contributed by atoms with E-state index in [2.05, 4.69) is 17.2 Å². The fourth-order valence-corrected chi connectivity index (χ4v) is 3.55. The van der Waals surface area contributed by atoms with Gasteiger partial charge in [-0.2, -0.15) is 0 Å². The number of carbonyl (C=O) groups excluding carboxylic acids is 1. The Balaban J connectivity index is 1.76. The van der Waals surface area contributed by atoms with Crippen molar-refractivity contribution in [1.29, 1.82) is 0 Å². The number of anilines is 1. The van der Waals surface area contributed by atoms with Gasteiger partial charge in [0.15, 0.2) is 5.13 Å². The van der Waals surface area contributed by atoms with Gasteiger partial charge in [0.05, 0.1) is 5.69 Å². The van der Waals surface area contributed by atoms with Crippen LogP contribution in [0.4, 0.5) is 5.13 Å². The predicted molar refractivity (Wildman–Crippen MR) is 82.5 cm³/mol. The summed E-state index contributed by atoms with van der Waals surface area (Å²) >= 11 is 1.63. The SMILES string of the molecule is CCc1cccc(C(=O)Nc2nc3c(s2)CCCC3)c1. The minimum absolute atomic E-state index is 0.0635. The van der Waals surface area contributed by atoms with Gasteiger partial charge in [0.2, 0.25) is 0 Å². The fraction of sp³-hybridized carbons (Fsp3) is 0.375. The first-order valence-electron chi connectivity index (χ1n) is 7.15. The number of rotatable bonds is 3. The zero-order chi connectivity index (χ0) is 13.9. The number of thiazole rings is 1. The molecule has 0 spiro atoms. The van der Waals surface area contributed by atoms with Gasteiger partial charge >= 0.3 is 0 Å². The molecule has 0 bridgehead atoms. The highest BCUT2D eigenvalue weighted by Gasteiger charge is 2.16. The van der Waals surface area contributed by atoms with Gasteiger partial charge in [-0.1, -0.05) is 19.1 Å². The highest BCUT2D eigenvalue weighted by atomic mass is 32.1. The van der Waals surface area contributed by atoms with Gasteiger partial charge < -0.3 is 0 Å². The van der Waals surface area contributed by atoms with Crippen molar-refractivity contribution in [2.45, 2.75) is 39.0 Å². The van der Waals surface area contributed by atoms with Gasteiger partial charge in [-0.05, 0) is 49.8 Å². The number of aryl methyl sites for hydroxylation is 3. The van der Waals surface area contributed by atoms with Crippen molar-refractivity contribution in [2.75, 3.05) is 5.32 Å². The Morgan fingerprint density at radius 1 is 1.35 bits per heavy atom. The molecule has 0 saturated heterocycles. The molecule has 1 aromatic carbocycles. The molecule has 2 aromatic rings. The molecule has 1 amide bonds. The summed E-state index contributed by atoms with van der Waals surface area (Å²) < 4.78 is 0. The normalized spacial score (nSPS) is 13.8. The maximum absolute atomic E-state index is 12.3. The molecule has 0 unspecified atom stereocenters. The number of benzene rings is 1. The molecule has 0 radical (unpaired) electrons. The van der Waals surface area contributed by atoms with Crippen LogP contribution in [0.3, 0.4) is 0 Å². The van der Waals surface area contributed by atoms with E-state index >= 15 is 0 Å². The van der Waals surface area contributed by atoms with Crippen LogP contribution in [-0.2, 0) is 19.3 Å². The zero-order valence-corrected chi connectivity index (χ0v) is 12.4. The minimum Gasteiger partial charge on any atom is -0.298 e. The van der Waals surface area contributed by atoms with Gasteiger partial charge in [0.25, 0.3) is 5.91 Å². The lowest BCUT2D eigenvalue weighted by atomic mass is 10.0. The number of hydrogen-bond donors (Lipinski definition) is 1. The summed E-state index contributed by atoms with van der Waals surface area (Å²) in [6.07, 6.45) is 5.54. The highest BCUT2D eigenvalue weighted by molar-refractivity contribution is 7.15. The summed E-state index contributed by atoms with van der Waals surface area (Å²) in [7, 11) is 0. The minimum atomic E-state index is -0.0635. The Kier molecular flexibility index (Phi) is 3.83. The summed E-state index contributed by atoms with van der Waals surface area (Å²) in [6.45, 7) is 2.09. The molecule has 4 heteroatoms. The lowest BCUT2D eigenvalue weighted by Crippen LogP contribution is -2.12. The Hall–Kier alpha value is -1.68. The molecule has 0 aliphatic heterocycles. The van der Waals surface area contributed by atoms with Crippen LogP contribution in [-0.4, -0.2) is 10.9 Å². The number of carbonyl (C=O) groups is 1. The molecule has 1 aromatic heterocycles. The van der Waals surface area contributed by atoms with Crippen LogP contribution in [0.1, 0.15) is 46.3 Å². The average molecular weight is 286 g/mol. The van der Waals surface area contributed by atoms with Crippen LogP contribution in [0.25, 0.3) is 0 Å². The van der Waals surface area contributed by atoms with Crippen LogP contribution in [0.5, 0.6) is 0 Å². The van der Waals surface area contributed by atoms with Crippen molar-refractivity contribution >= 4 is 22.4 Å². The van der Waals surface area contributed by atoms with Crippen molar-refractivity contribution in [2.24, 2.45) is 0 Å². The van der Waals surface area contributed by atoms with Crippen molar-refractivity contribution in [3.05, 3.63) is 46.0 Å². The monoisotopic (exact) mass is 286 g/mol. The maximum atomic E-state index is 12.3. The summed E-state index contributed by atoms with van der Waals surface area (Å²) in [6, 6.07) is 7.77. The number of aromatic nitrogens is 1. The van der Waals surface area contributed by atoms with E-state index in [1.54, 1.807) is 11.3 Å². The summed E-state index contributed by atoms with van der Waals surface area (Å²) in [4.78, 5) is 18.1. The topological polar surface area (TPSA) is 42.0 Å². The zero-order valence-electron chi connectivity index (χ0n) is 11.6. The van der Waals surface area contributed by atoms with Crippen molar-refractivity contribution < 1.29 is 4.79 Å². The molecule has 1 heterocycles. The van der Waals surface area contributed by atoms with Gasteiger partial charge in [0.1, 0.15) is 0 Å². The second-order valence-corrected chi connectivity index (χ2v) is 6.19. The smallest absolute Gasteiger partial charge is 0.257 e. The van der Waals surface area contributed by atoms with E-state index in [-0.39, 0.29) is 5.91 Å². The van der Waals surface area contributed by atoms with Crippen molar-refractivity contribution in [3.8, 4) is 0 Å². The van der Waals surface area contributed by atoms with Crippen molar-refractivity contribution in [1.82, 2.24) is 4.98 Å². The first-order chi connectivity index (χ1) is 9.76. The van der Waals surface area contributed by atoms with E-state index in [4.69, 9.17) is 0 Å². The molecule has 0 saturated carbocycles. The van der Waals surface area contributed by atoms with Crippen LogP contribution in [0, 0.1) is 0 Å². The summed E-state index contributed by atoms with van der Waals surface area (Å²) in [5.41, 5.74) is 3.06. The quantitative estimate of drug-likeness (QED) is 0.931. The van der Waals surface area contributed by atoms with Gasteiger partial charge in [0, 0.05) is 10.4 Å². The second-order valence-electron chi connectivity index (χ2n) is 5.10. The fourth-order valence-electron chi connectivity index (χ4n) is 2.51. The third kappa shape index (κ3) is 2.75. The Labute approximate surface area is 123 Å². The summed E-state index contributed by atoms with van der Waals surface area (Å²) in [5, 5.41) is 3.67. The van der Waals surface area contributed by atoms with Crippen molar-refractivity contribution in [3.63, 3.8) is 0 Å². The highest BCUT2D eigenvalue weighted by Crippen LogP contribution is 2.29. The van der Waals surface area contributed by atoms with Gasteiger partial charge in [-0.3, -0.25) is 10.1 Å². The molecule has 104 valence electrons. The van der Waals surface area contributed by atoms with Crippen LogP contribution in [0.2, 0.25) is 0 Å². The van der Waals surface area contributed by atoms with E-state index in [0.29, 0.717) is 5.56 Å². The van der Waals surface area contributed by atoms with Crippen LogP contribution < -0.4 is 5.32 Å². The Bertz CT molecular complexity index is 610. The summed E-state index contributed by atoms with van der Waals surface area (Å²) in [5.74, 6) is -0.0635. The van der Waals surface area contributed by atoms with Crippen LogP contribution >= 0.6 is 11.3 Å². The molecule has 0 atom stereocenters. The average Bonchev–Trinajstić information content (AvgIpc) is 2.89. The molecule has 3 rings (SSSR count). The lowest BCUT2D eigenvalue weighted by Gasteiger charge is -2.06. The molecule has 20 heavy (non-hydrogen) atoms. The predicted octanol–water partition coefficient (Wildman–Crippen LogP) is 3.84. The van der Waals surface area contributed by atoms with Gasteiger partial charge in [-0.15, -0.1) is 11.3 Å². The Morgan fingerprint density at radius 2 is 2.20 bits per heavy atom. The maximum Gasteiger partial charge on any atom is 0.257 e. The van der Waals surface area contributed by atoms with E-state index < -0.39 is 0 Å². The molecule has 1 aliphatic carbocycles. The molecular formula is C16H18N2OS. The lowest BCUT2D eigenvalue weighted by molar-refractivity contribution is 0.102. The molecule has 0 fully saturated rings. The number of amides is 1. The second kappa shape index (κ2) is 5.75.